The van der Waals surface area contributed by atoms with Crippen molar-refractivity contribution >= 4 is 15.5 Å². The van der Waals surface area contributed by atoms with Gasteiger partial charge in [0.15, 0.2) is 9.84 Å². The molecule has 6 heteroatoms. The molecular weight excluding hydrogens is 278 g/mol. The molecule has 0 aliphatic rings. The van der Waals surface area contributed by atoms with Crippen molar-refractivity contribution in [3.8, 4) is 0 Å². The fourth-order valence-electron chi connectivity index (χ4n) is 2.07. The first-order valence-corrected chi connectivity index (χ1v) is 8.27. The highest BCUT2D eigenvalue weighted by atomic mass is 32.2. The molecule has 0 heterocycles. The van der Waals surface area contributed by atoms with Gasteiger partial charge in [-0.15, -0.1) is 0 Å². The average molecular weight is 301 g/mol. The molecule has 1 unspecified atom stereocenters. The molecule has 1 aromatic rings. The minimum Gasteiger partial charge on any atom is -0.389 e. The van der Waals surface area contributed by atoms with E-state index in [1.54, 1.807) is 36.2 Å². The number of sulfone groups is 1. The van der Waals surface area contributed by atoms with Crippen LogP contribution < -0.4 is 4.90 Å². The zero-order valence-corrected chi connectivity index (χ0v) is 13.1. The van der Waals surface area contributed by atoms with E-state index in [1.807, 2.05) is 6.92 Å². The Balaban J connectivity index is 3.01. The van der Waals surface area contributed by atoms with Gasteiger partial charge in [-0.25, -0.2) is 8.42 Å². The highest BCUT2D eigenvalue weighted by molar-refractivity contribution is 7.91. The summed E-state index contributed by atoms with van der Waals surface area (Å²) in [6.45, 7) is 2.37. The van der Waals surface area contributed by atoms with E-state index in [1.165, 1.54) is 7.11 Å². The van der Waals surface area contributed by atoms with Crippen LogP contribution >= 0.6 is 0 Å². The third kappa shape index (κ3) is 4.47. The van der Waals surface area contributed by atoms with E-state index in [0.29, 0.717) is 23.5 Å². The molecule has 0 aromatic heterocycles. The SMILES string of the molecule is CCCS(=O)(=O)c1ccccc1N(C)CC(O)COC. The summed E-state index contributed by atoms with van der Waals surface area (Å²) >= 11 is 0. The van der Waals surface area contributed by atoms with Crippen molar-refractivity contribution < 1.29 is 18.3 Å². The topological polar surface area (TPSA) is 66.8 Å². The summed E-state index contributed by atoms with van der Waals surface area (Å²) in [5.41, 5.74) is 0.608. The van der Waals surface area contributed by atoms with Gasteiger partial charge in [-0.05, 0) is 18.6 Å². The molecule has 1 aromatic carbocycles. The normalized spacial score (nSPS) is 13.2. The number of likely N-dealkylation sites (N-methyl/N-ethyl adjacent to an activating group) is 1. The van der Waals surface area contributed by atoms with Crippen molar-refractivity contribution in [2.45, 2.75) is 24.3 Å². The van der Waals surface area contributed by atoms with E-state index in [0.717, 1.165) is 0 Å². The van der Waals surface area contributed by atoms with Gasteiger partial charge in [0.1, 0.15) is 0 Å². The quantitative estimate of drug-likeness (QED) is 0.784. The van der Waals surface area contributed by atoms with Crippen LogP contribution in [0.4, 0.5) is 5.69 Å². The smallest absolute Gasteiger partial charge is 0.180 e. The predicted octanol–water partition coefficient (Wildman–Crippen LogP) is 1.31. The lowest BCUT2D eigenvalue weighted by molar-refractivity contribution is 0.0694. The molecular formula is C14H23NO4S. The summed E-state index contributed by atoms with van der Waals surface area (Å²) in [6.07, 6.45) is -0.0842. The third-order valence-corrected chi connectivity index (χ3v) is 4.89. The summed E-state index contributed by atoms with van der Waals surface area (Å²) < 4.78 is 29.4. The van der Waals surface area contributed by atoms with E-state index >= 15 is 0 Å². The first-order chi connectivity index (χ1) is 9.42. The van der Waals surface area contributed by atoms with Crippen molar-refractivity contribution in [3.63, 3.8) is 0 Å². The Kier molecular flexibility index (Phi) is 6.45. The Morgan fingerprint density at radius 2 is 2.00 bits per heavy atom. The standard InChI is InChI=1S/C14H23NO4S/c1-4-9-20(17,18)14-8-6-5-7-13(14)15(2)10-12(16)11-19-3/h5-8,12,16H,4,9-11H2,1-3H3. The number of nitrogens with zero attached hydrogens (tertiary/aromatic N) is 1. The van der Waals surface area contributed by atoms with Crippen LogP contribution in [0.5, 0.6) is 0 Å². The lowest BCUT2D eigenvalue weighted by atomic mass is 10.2. The van der Waals surface area contributed by atoms with Crippen LogP contribution in [0.15, 0.2) is 29.2 Å². The van der Waals surface area contributed by atoms with E-state index in [9.17, 15) is 13.5 Å². The number of rotatable bonds is 8. The van der Waals surface area contributed by atoms with E-state index < -0.39 is 15.9 Å². The monoisotopic (exact) mass is 301 g/mol. The van der Waals surface area contributed by atoms with Crippen LogP contribution in [0, 0.1) is 0 Å². The maximum Gasteiger partial charge on any atom is 0.180 e. The van der Waals surface area contributed by atoms with Crippen LogP contribution in [0.1, 0.15) is 13.3 Å². The Morgan fingerprint density at radius 3 is 2.60 bits per heavy atom. The van der Waals surface area contributed by atoms with Gasteiger partial charge in [0.2, 0.25) is 0 Å². The molecule has 0 saturated carbocycles. The fraction of sp³-hybridized carbons (Fsp3) is 0.571. The Bertz CT molecular complexity index is 516. The van der Waals surface area contributed by atoms with Crippen molar-refractivity contribution in [1.82, 2.24) is 0 Å². The number of hydrogen-bond acceptors (Lipinski definition) is 5. The van der Waals surface area contributed by atoms with Gasteiger partial charge in [-0.2, -0.15) is 0 Å². The summed E-state index contributed by atoms with van der Waals surface area (Å²) in [5.74, 6) is 0.123. The zero-order valence-electron chi connectivity index (χ0n) is 12.2. The Labute approximate surface area is 121 Å². The molecule has 1 rings (SSSR count). The van der Waals surface area contributed by atoms with Gasteiger partial charge in [-0.3, -0.25) is 0 Å². The van der Waals surface area contributed by atoms with E-state index in [2.05, 4.69) is 0 Å². The molecule has 20 heavy (non-hydrogen) atoms. The van der Waals surface area contributed by atoms with Crippen LogP contribution in [0.3, 0.4) is 0 Å². The van der Waals surface area contributed by atoms with Gasteiger partial charge in [-0.1, -0.05) is 19.1 Å². The maximum atomic E-state index is 12.3. The largest absolute Gasteiger partial charge is 0.389 e. The number of benzene rings is 1. The fourth-order valence-corrected chi connectivity index (χ4v) is 3.66. The first kappa shape index (κ1) is 16.9. The number of ether oxygens (including phenoxy) is 1. The first-order valence-electron chi connectivity index (χ1n) is 6.62. The summed E-state index contributed by atoms with van der Waals surface area (Å²) in [6, 6.07) is 6.87. The molecule has 0 aliphatic carbocycles. The van der Waals surface area contributed by atoms with Gasteiger partial charge in [0.25, 0.3) is 0 Å². The average Bonchev–Trinajstić information content (AvgIpc) is 2.39. The number of methoxy groups -OCH3 is 1. The molecule has 5 nitrogen and oxygen atoms in total. The highest BCUT2D eigenvalue weighted by Gasteiger charge is 2.20. The molecule has 0 fully saturated rings. The molecule has 1 N–H and O–H groups in total. The summed E-state index contributed by atoms with van der Waals surface area (Å²) in [7, 11) is -0.00883. The molecule has 0 amide bonds. The van der Waals surface area contributed by atoms with Gasteiger partial charge in [0, 0.05) is 20.7 Å². The van der Waals surface area contributed by atoms with Crippen LogP contribution in [0.2, 0.25) is 0 Å². The number of anilines is 1. The van der Waals surface area contributed by atoms with Gasteiger partial charge in [0.05, 0.1) is 29.0 Å². The molecule has 0 radical (unpaired) electrons. The summed E-state index contributed by atoms with van der Waals surface area (Å²) in [5, 5.41) is 9.76. The molecule has 0 bridgehead atoms. The second-order valence-corrected chi connectivity index (χ2v) is 6.85. The Morgan fingerprint density at radius 1 is 1.35 bits per heavy atom. The Hall–Kier alpha value is -1.11. The molecule has 1 atom stereocenters. The highest BCUT2D eigenvalue weighted by Crippen LogP contribution is 2.25. The van der Waals surface area contributed by atoms with Gasteiger partial charge < -0.3 is 14.7 Å². The second-order valence-electron chi connectivity index (χ2n) is 4.78. The van der Waals surface area contributed by atoms with Crippen molar-refractivity contribution in [2.75, 3.05) is 38.0 Å². The third-order valence-electron chi connectivity index (χ3n) is 2.93. The second kappa shape index (κ2) is 7.61. The number of aliphatic hydroxyl groups excluding tert-OH is 1. The van der Waals surface area contributed by atoms with Crippen LogP contribution in [-0.2, 0) is 14.6 Å². The molecule has 0 aliphatic heterocycles. The van der Waals surface area contributed by atoms with Gasteiger partial charge >= 0.3 is 0 Å². The van der Waals surface area contributed by atoms with E-state index in [-0.39, 0.29) is 12.4 Å². The molecule has 0 spiro atoms. The summed E-state index contributed by atoms with van der Waals surface area (Å²) in [4.78, 5) is 2.06. The molecule has 0 saturated heterocycles. The zero-order chi connectivity index (χ0) is 15.2. The minimum absolute atomic E-state index is 0.123. The maximum absolute atomic E-state index is 12.3. The van der Waals surface area contributed by atoms with Crippen molar-refractivity contribution in [1.29, 1.82) is 0 Å². The van der Waals surface area contributed by atoms with Crippen molar-refractivity contribution in [3.05, 3.63) is 24.3 Å². The lowest BCUT2D eigenvalue weighted by Crippen LogP contribution is -2.32. The van der Waals surface area contributed by atoms with Crippen LogP contribution in [0.25, 0.3) is 0 Å². The van der Waals surface area contributed by atoms with Crippen LogP contribution in [-0.4, -0.2) is 52.7 Å². The van der Waals surface area contributed by atoms with E-state index in [4.69, 9.17) is 4.74 Å². The number of hydrogen-bond donors (Lipinski definition) is 1. The predicted molar refractivity (Wildman–Crippen MR) is 79.9 cm³/mol. The number of para-hydroxylation sites is 1. The number of aliphatic hydroxyl groups is 1. The molecule has 114 valence electrons. The minimum atomic E-state index is -3.29. The lowest BCUT2D eigenvalue weighted by Gasteiger charge is -2.24. The van der Waals surface area contributed by atoms with Crippen molar-refractivity contribution in [2.24, 2.45) is 0 Å².